The van der Waals surface area contributed by atoms with Crippen LogP contribution in [0, 0.1) is 0 Å². The van der Waals surface area contributed by atoms with Gasteiger partial charge in [0.25, 0.3) is 0 Å². The maximum Gasteiger partial charge on any atom is 0.306 e. The predicted octanol–water partition coefficient (Wildman–Crippen LogP) is 16.7. The van der Waals surface area contributed by atoms with Crippen LogP contribution in [0.5, 0.6) is 0 Å². The average molecular weight is 791 g/mol. The van der Waals surface area contributed by atoms with E-state index in [0.717, 1.165) is 44.9 Å². The van der Waals surface area contributed by atoms with Crippen LogP contribution >= 0.6 is 0 Å². The van der Waals surface area contributed by atoms with Crippen molar-refractivity contribution in [1.29, 1.82) is 0 Å². The first-order chi connectivity index (χ1) is 27.6. The summed E-state index contributed by atoms with van der Waals surface area (Å²) in [5.74, 6) is -0.390. The van der Waals surface area contributed by atoms with Crippen molar-refractivity contribution in [2.45, 2.75) is 284 Å². The number of allylic oxidation sites excluding steroid dienone is 2. The number of rotatable bonds is 47. The summed E-state index contributed by atoms with van der Waals surface area (Å²) in [4.78, 5) is 25.3. The van der Waals surface area contributed by atoms with Gasteiger partial charge in [-0.15, -0.1) is 0 Å². The number of hydrogen-bond donors (Lipinski definition) is 0. The van der Waals surface area contributed by atoms with Crippen LogP contribution in [0.15, 0.2) is 12.2 Å². The highest BCUT2D eigenvalue weighted by molar-refractivity contribution is 5.70. The summed E-state index contributed by atoms with van der Waals surface area (Å²) in [5.41, 5.74) is 0. The molecular formula is C51H98O5. The summed E-state index contributed by atoms with van der Waals surface area (Å²) in [5, 5.41) is 0. The summed E-state index contributed by atoms with van der Waals surface area (Å²) in [6.45, 7) is 7.84. The summed E-state index contributed by atoms with van der Waals surface area (Å²) < 4.78 is 17.3. The van der Waals surface area contributed by atoms with Gasteiger partial charge in [-0.25, -0.2) is 0 Å². The maximum absolute atomic E-state index is 12.7. The van der Waals surface area contributed by atoms with Gasteiger partial charge in [0.2, 0.25) is 0 Å². The Morgan fingerprint density at radius 2 is 0.696 bits per heavy atom. The van der Waals surface area contributed by atoms with Gasteiger partial charge in [0.05, 0.1) is 6.61 Å². The van der Waals surface area contributed by atoms with Crippen LogP contribution in [-0.2, 0) is 23.8 Å². The molecule has 0 aliphatic carbocycles. The van der Waals surface area contributed by atoms with Crippen molar-refractivity contribution in [1.82, 2.24) is 0 Å². The van der Waals surface area contributed by atoms with E-state index in [0.29, 0.717) is 26.1 Å². The molecule has 0 aromatic rings. The highest BCUT2D eigenvalue weighted by Crippen LogP contribution is 2.16. The van der Waals surface area contributed by atoms with Gasteiger partial charge in [0.1, 0.15) is 6.61 Å². The molecular weight excluding hydrogens is 693 g/mol. The minimum absolute atomic E-state index is 0.0905. The quantitative estimate of drug-likeness (QED) is 0.0349. The highest BCUT2D eigenvalue weighted by Gasteiger charge is 2.17. The molecule has 0 heterocycles. The van der Waals surface area contributed by atoms with Crippen LogP contribution in [0.2, 0.25) is 0 Å². The largest absolute Gasteiger partial charge is 0.462 e. The highest BCUT2D eigenvalue weighted by atomic mass is 16.6. The van der Waals surface area contributed by atoms with E-state index in [1.165, 1.54) is 199 Å². The van der Waals surface area contributed by atoms with Gasteiger partial charge < -0.3 is 14.2 Å². The van der Waals surface area contributed by atoms with E-state index in [1.54, 1.807) is 0 Å². The maximum atomic E-state index is 12.7. The lowest BCUT2D eigenvalue weighted by molar-refractivity contribution is -0.163. The zero-order valence-electron chi connectivity index (χ0n) is 38.2. The number of carbonyl (C=O) groups excluding carboxylic acids is 2. The van der Waals surface area contributed by atoms with Crippen LogP contribution in [-0.4, -0.2) is 37.9 Å². The second-order valence-corrected chi connectivity index (χ2v) is 17.1. The summed E-state index contributed by atoms with van der Waals surface area (Å²) in [7, 11) is 0. The molecule has 0 aromatic carbocycles. The Hall–Kier alpha value is -1.36. The van der Waals surface area contributed by atoms with Crippen LogP contribution in [0.3, 0.4) is 0 Å². The third kappa shape index (κ3) is 45.3. The van der Waals surface area contributed by atoms with Crippen molar-refractivity contribution in [3.8, 4) is 0 Å². The normalized spacial score (nSPS) is 12.1. The molecule has 5 heteroatoms. The molecule has 332 valence electrons. The Morgan fingerprint density at radius 3 is 1.11 bits per heavy atom. The molecule has 0 aliphatic heterocycles. The lowest BCUT2D eigenvalue weighted by Crippen LogP contribution is -2.30. The first-order valence-electron chi connectivity index (χ1n) is 25.2. The van der Waals surface area contributed by atoms with Crippen molar-refractivity contribution in [2.75, 3.05) is 19.8 Å². The molecule has 0 rings (SSSR count). The van der Waals surface area contributed by atoms with Crippen LogP contribution in [0.4, 0.5) is 0 Å². The number of carbonyl (C=O) groups is 2. The minimum atomic E-state index is -0.528. The zero-order chi connectivity index (χ0) is 40.7. The van der Waals surface area contributed by atoms with Crippen molar-refractivity contribution in [3.63, 3.8) is 0 Å². The Labute approximate surface area is 350 Å². The van der Waals surface area contributed by atoms with Gasteiger partial charge in [-0.05, 0) is 44.9 Å². The van der Waals surface area contributed by atoms with E-state index in [-0.39, 0.29) is 18.5 Å². The molecule has 0 spiro atoms. The molecule has 0 bridgehead atoms. The molecule has 0 amide bonds. The summed E-state index contributed by atoms with van der Waals surface area (Å²) >= 11 is 0. The van der Waals surface area contributed by atoms with Crippen molar-refractivity contribution >= 4 is 11.9 Å². The van der Waals surface area contributed by atoms with Gasteiger partial charge in [0, 0.05) is 19.4 Å². The van der Waals surface area contributed by atoms with Gasteiger partial charge in [-0.1, -0.05) is 232 Å². The summed E-state index contributed by atoms with van der Waals surface area (Å²) in [6, 6.07) is 0. The molecule has 1 unspecified atom stereocenters. The predicted molar refractivity (Wildman–Crippen MR) is 242 cm³/mol. The third-order valence-electron chi connectivity index (χ3n) is 11.3. The Morgan fingerprint density at radius 1 is 0.375 bits per heavy atom. The molecule has 0 aromatic heterocycles. The van der Waals surface area contributed by atoms with Crippen molar-refractivity contribution in [3.05, 3.63) is 12.2 Å². The van der Waals surface area contributed by atoms with Crippen molar-refractivity contribution in [2.24, 2.45) is 0 Å². The average Bonchev–Trinajstić information content (AvgIpc) is 3.20. The smallest absolute Gasteiger partial charge is 0.306 e. The molecule has 5 nitrogen and oxygen atoms in total. The Balaban J connectivity index is 4.08. The van der Waals surface area contributed by atoms with Gasteiger partial charge in [-0.2, -0.15) is 0 Å². The topological polar surface area (TPSA) is 61.8 Å². The molecule has 0 N–H and O–H groups in total. The van der Waals surface area contributed by atoms with E-state index in [2.05, 4.69) is 32.9 Å². The number of esters is 2. The van der Waals surface area contributed by atoms with Crippen LogP contribution in [0.25, 0.3) is 0 Å². The lowest BCUT2D eigenvalue weighted by atomic mass is 10.0. The van der Waals surface area contributed by atoms with Crippen LogP contribution in [0.1, 0.15) is 278 Å². The minimum Gasteiger partial charge on any atom is -0.462 e. The second-order valence-electron chi connectivity index (χ2n) is 17.1. The molecule has 0 aliphatic rings. The van der Waals surface area contributed by atoms with Crippen LogP contribution < -0.4 is 0 Å². The molecule has 0 saturated carbocycles. The second kappa shape index (κ2) is 48.0. The fourth-order valence-electron chi connectivity index (χ4n) is 7.51. The van der Waals surface area contributed by atoms with E-state index in [9.17, 15) is 9.59 Å². The SMILES string of the molecule is CCCCCC/C=C\CCCCCCCC(=O)OC(COCCCCCCCCCC)COC(=O)CCCCCCCCCCCCCCCCCCCCC. The fraction of sp³-hybridized carbons (Fsp3) is 0.922. The molecule has 0 fully saturated rings. The van der Waals surface area contributed by atoms with E-state index < -0.39 is 6.10 Å². The van der Waals surface area contributed by atoms with E-state index in [1.807, 2.05) is 0 Å². The molecule has 1 atom stereocenters. The van der Waals surface area contributed by atoms with Gasteiger partial charge in [0.15, 0.2) is 6.10 Å². The Bertz CT molecular complexity index is 810. The number of unbranched alkanes of at least 4 members (excludes halogenated alkanes) is 34. The monoisotopic (exact) mass is 791 g/mol. The molecule has 0 radical (unpaired) electrons. The number of ether oxygens (including phenoxy) is 3. The van der Waals surface area contributed by atoms with Gasteiger partial charge in [-0.3, -0.25) is 9.59 Å². The first kappa shape index (κ1) is 54.6. The standard InChI is InChI=1S/C51H98O5/c1-4-7-10-13-16-19-21-23-24-25-26-27-28-30-31-33-35-38-41-44-50(52)55-48-49(47-54-46-43-40-37-18-15-12-9-6-3)56-51(53)45-42-39-36-34-32-29-22-20-17-14-11-8-5-2/h20,22,49H,4-19,21,23-48H2,1-3H3/b22-20-. The zero-order valence-corrected chi connectivity index (χ0v) is 38.2. The molecule has 0 saturated heterocycles. The van der Waals surface area contributed by atoms with E-state index >= 15 is 0 Å². The molecule has 56 heavy (non-hydrogen) atoms. The van der Waals surface area contributed by atoms with E-state index in [4.69, 9.17) is 14.2 Å². The van der Waals surface area contributed by atoms with Gasteiger partial charge >= 0.3 is 11.9 Å². The first-order valence-corrected chi connectivity index (χ1v) is 25.2. The Kier molecular flexibility index (Phi) is 46.8. The lowest BCUT2D eigenvalue weighted by Gasteiger charge is -2.18. The third-order valence-corrected chi connectivity index (χ3v) is 11.3. The number of hydrogen-bond acceptors (Lipinski definition) is 5. The fourth-order valence-corrected chi connectivity index (χ4v) is 7.51. The summed E-state index contributed by atoms with van der Waals surface area (Å²) in [6.07, 6.45) is 53.6. The van der Waals surface area contributed by atoms with Crippen molar-refractivity contribution < 1.29 is 23.8 Å².